The smallest absolute Gasteiger partial charge is 0.167 e. The number of nitrogens with two attached hydrogens (primary N) is 1. The van der Waals surface area contributed by atoms with E-state index < -0.39 is 0 Å². The van der Waals surface area contributed by atoms with Crippen LogP contribution in [0.5, 0.6) is 5.75 Å². The van der Waals surface area contributed by atoms with E-state index in [2.05, 4.69) is 5.16 Å². The molecule has 0 aliphatic heterocycles. The summed E-state index contributed by atoms with van der Waals surface area (Å²) in [5.74, 6) is 1.67. The van der Waals surface area contributed by atoms with Crippen molar-refractivity contribution in [1.82, 2.24) is 5.16 Å². The summed E-state index contributed by atoms with van der Waals surface area (Å²) >= 11 is 0. The van der Waals surface area contributed by atoms with Crippen molar-refractivity contribution < 1.29 is 9.26 Å². The Labute approximate surface area is 107 Å². The van der Waals surface area contributed by atoms with Crippen molar-refractivity contribution in [3.63, 3.8) is 0 Å². The lowest BCUT2D eigenvalue weighted by atomic mass is 10.1. The van der Waals surface area contributed by atoms with Crippen LogP contribution >= 0.6 is 0 Å². The molecule has 18 heavy (non-hydrogen) atoms. The number of hydrogen-bond donors (Lipinski definition) is 1. The molecule has 4 heteroatoms. The van der Waals surface area contributed by atoms with Crippen LogP contribution in [0.1, 0.15) is 18.2 Å². The quantitative estimate of drug-likeness (QED) is 0.880. The van der Waals surface area contributed by atoms with Crippen molar-refractivity contribution in [3.8, 4) is 17.1 Å². The zero-order valence-corrected chi connectivity index (χ0v) is 10.8. The highest BCUT2D eigenvalue weighted by atomic mass is 16.5. The van der Waals surface area contributed by atoms with Gasteiger partial charge in [0.25, 0.3) is 0 Å². The second kappa shape index (κ2) is 5.69. The lowest BCUT2D eigenvalue weighted by molar-refractivity contribution is 0.338. The number of aromatic nitrogens is 1. The minimum Gasteiger partial charge on any atom is -0.494 e. The van der Waals surface area contributed by atoms with Crippen molar-refractivity contribution in [2.45, 2.75) is 20.3 Å². The molecule has 2 aromatic rings. The third-order valence-corrected chi connectivity index (χ3v) is 2.72. The van der Waals surface area contributed by atoms with Gasteiger partial charge in [0.1, 0.15) is 5.75 Å². The van der Waals surface area contributed by atoms with E-state index in [4.69, 9.17) is 15.0 Å². The Hall–Kier alpha value is -1.81. The van der Waals surface area contributed by atoms with Crippen LogP contribution in [0.25, 0.3) is 11.3 Å². The molecular formula is C14H18N2O2. The number of nitrogens with zero attached hydrogens (tertiary/aromatic N) is 1. The van der Waals surface area contributed by atoms with Gasteiger partial charge in [0.05, 0.1) is 12.3 Å². The molecular weight excluding hydrogens is 228 g/mol. The Morgan fingerprint density at radius 2 is 2.17 bits per heavy atom. The number of rotatable bonds is 5. The van der Waals surface area contributed by atoms with Gasteiger partial charge in [-0.05, 0) is 44.2 Å². The summed E-state index contributed by atoms with van der Waals surface area (Å²) in [6.07, 6.45) is 0.736. The molecule has 2 N–H and O–H groups in total. The van der Waals surface area contributed by atoms with Crippen LogP contribution in [0, 0.1) is 6.92 Å². The Morgan fingerprint density at radius 1 is 1.33 bits per heavy atom. The molecule has 0 saturated carbocycles. The molecule has 1 heterocycles. The number of aryl methyl sites for hydroxylation is 1. The normalized spacial score (nSPS) is 10.6. The molecule has 0 aliphatic carbocycles. The molecule has 1 aromatic heterocycles. The first kappa shape index (κ1) is 12.6. The maximum absolute atomic E-state index is 5.51. The van der Waals surface area contributed by atoms with E-state index in [9.17, 15) is 0 Å². The van der Waals surface area contributed by atoms with Crippen LogP contribution < -0.4 is 10.5 Å². The van der Waals surface area contributed by atoms with E-state index in [-0.39, 0.29) is 0 Å². The van der Waals surface area contributed by atoms with E-state index in [1.54, 1.807) is 0 Å². The molecule has 0 amide bonds. The lowest BCUT2D eigenvalue weighted by Gasteiger charge is -2.07. The standard InChI is InChI=1S/C14H18N2O2/c1-3-17-13-5-4-11(8-10(13)2)14-9-12(6-7-15)16-18-14/h4-5,8-9H,3,6-7,15H2,1-2H3. The van der Waals surface area contributed by atoms with Gasteiger partial charge < -0.3 is 15.0 Å². The first-order chi connectivity index (χ1) is 8.74. The lowest BCUT2D eigenvalue weighted by Crippen LogP contribution is -2.02. The van der Waals surface area contributed by atoms with Crippen LogP contribution in [-0.4, -0.2) is 18.3 Å². The molecule has 0 fully saturated rings. The van der Waals surface area contributed by atoms with Crippen molar-refractivity contribution in [1.29, 1.82) is 0 Å². The fraction of sp³-hybridized carbons (Fsp3) is 0.357. The van der Waals surface area contributed by atoms with Gasteiger partial charge in [-0.25, -0.2) is 0 Å². The summed E-state index contributed by atoms with van der Waals surface area (Å²) in [6.45, 7) is 5.24. The minimum atomic E-state index is 0.578. The number of benzene rings is 1. The SMILES string of the molecule is CCOc1ccc(-c2cc(CCN)no2)cc1C. The highest BCUT2D eigenvalue weighted by Crippen LogP contribution is 2.26. The highest BCUT2D eigenvalue weighted by molar-refractivity contribution is 5.60. The Morgan fingerprint density at radius 3 is 2.83 bits per heavy atom. The maximum Gasteiger partial charge on any atom is 0.167 e. The van der Waals surface area contributed by atoms with Gasteiger partial charge in [-0.1, -0.05) is 5.16 Å². The molecule has 0 radical (unpaired) electrons. The van der Waals surface area contributed by atoms with Crippen molar-refractivity contribution >= 4 is 0 Å². The van der Waals surface area contributed by atoms with Crippen molar-refractivity contribution in [2.24, 2.45) is 5.73 Å². The van der Waals surface area contributed by atoms with Crippen LogP contribution in [-0.2, 0) is 6.42 Å². The molecule has 0 saturated heterocycles. The van der Waals surface area contributed by atoms with Gasteiger partial charge >= 0.3 is 0 Å². The second-order valence-corrected chi connectivity index (χ2v) is 4.13. The molecule has 96 valence electrons. The van der Waals surface area contributed by atoms with Gasteiger partial charge in [-0.15, -0.1) is 0 Å². The summed E-state index contributed by atoms with van der Waals surface area (Å²) in [5, 5.41) is 3.98. The average molecular weight is 246 g/mol. The van der Waals surface area contributed by atoms with E-state index in [1.807, 2.05) is 38.1 Å². The average Bonchev–Trinajstić information content (AvgIpc) is 2.81. The largest absolute Gasteiger partial charge is 0.494 e. The van der Waals surface area contributed by atoms with Gasteiger partial charge in [0.15, 0.2) is 5.76 Å². The summed E-state index contributed by atoms with van der Waals surface area (Å²) in [4.78, 5) is 0. The molecule has 0 bridgehead atoms. The number of hydrogen-bond acceptors (Lipinski definition) is 4. The van der Waals surface area contributed by atoms with Gasteiger partial charge in [0.2, 0.25) is 0 Å². The van der Waals surface area contributed by atoms with Crippen LogP contribution in [0.4, 0.5) is 0 Å². The summed E-state index contributed by atoms with van der Waals surface area (Å²) in [7, 11) is 0. The highest BCUT2D eigenvalue weighted by Gasteiger charge is 2.08. The molecule has 0 atom stereocenters. The Balaban J connectivity index is 2.24. The summed E-state index contributed by atoms with van der Waals surface area (Å²) in [6, 6.07) is 7.91. The molecule has 2 rings (SSSR count). The van der Waals surface area contributed by atoms with Crippen LogP contribution in [0.3, 0.4) is 0 Å². The molecule has 0 spiro atoms. The van der Waals surface area contributed by atoms with Crippen LogP contribution in [0.2, 0.25) is 0 Å². The van der Waals surface area contributed by atoms with E-state index >= 15 is 0 Å². The Kier molecular flexibility index (Phi) is 3.99. The molecule has 0 unspecified atom stereocenters. The topological polar surface area (TPSA) is 61.3 Å². The monoisotopic (exact) mass is 246 g/mol. The first-order valence-electron chi connectivity index (χ1n) is 6.14. The fourth-order valence-electron chi connectivity index (χ4n) is 1.83. The minimum absolute atomic E-state index is 0.578. The van der Waals surface area contributed by atoms with E-state index in [0.29, 0.717) is 13.2 Å². The third kappa shape index (κ3) is 2.71. The van der Waals surface area contributed by atoms with Crippen LogP contribution in [0.15, 0.2) is 28.8 Å². The molecule has 1 aromatic carbocycles. The predicted molar refractivity (Wildman–Crippen MR) is 70.6 cm³/mol. The fourth-order valence-corrected chi connectivity index (χ4v) is 1.83. The first-order valence-corrected chi connectivity index (χ1v) is 6.14. The predicted octanol–water partition coefficient (Wildman–Crippen LogP) is 2.55. The van der Waals surface area contributed by atoms with E-state index in [0.717, 1.165) is 34.8 Å². The van der Waals surface area contributed by atoms with Crippen molar-refractivity contribution in [2.75, 3.05) is 13.2 Å². The van der Waals surface area contributed by atoms with Crippen molar-refractivity contribution in [3.05, 3.63) is 35.5 Å². The van der Waals surface area contributed by atoms with E-state index in [1.165, 1.54) is 0 Å². The maximum atomic E-state index is 5.51. The Bertz CT molecular complexity index is 520. The second-order valence-electron chi connectivity index (χ2n) is 4.13. The number of ether oxygens (including phenoxy) is 1. The zero-order valence-electron chi connectivity index (χ0n) is 10.8. The molecule has 4 nitrogen and oxygen atoms in total. The third-order valence-electron chi connectivity index (χ3n) is 2.72. The molecule has 0 aliphatic rings. The van der Waals surface area contributed by atoms with Gasteiger partial charge in [-0.3, -0.25) is 0 Å². The summed E-state index contributed by atoms with van der Waals surface area (Å²) in [5.41, 5.74) is 8.47. The summed E-state index contributed by atoms with van der Waals surface area (Å²) < 4.78 is 10.8. The van der Waals surface area contributed by atoms with Gasteiger partial charge in [-0.2, -0.15) is 0 Å². The van der Waals surface area contributed by atoms with Gasteiger partial charge in [0, 0.05) is 18.1 Å². The zero-order chi connectivity index (χ0) is 13.0.